The van der Waals surface area contributed by atoms with Gasteiger partial charge in [-0.25, -0.2) is 0 Å². The second kappa shape index (κ2) is 8.63. The second-order valence-electron chi connectivity index (χ2n) is 7.31. The smallest absolute Gasteiger partial charge is 0.234 e. The highest BCUT2D eigenvalue weighted by Crippen LogP contribution is 2.20. The van der Waals surface area contributed by atoms with Gasteiger partial charge in [-0.2, -0.15) is 0 Å². The van der Waals surface area contributed by atoms with Gasteiger partial charge in [0.25, 0.3) is 0 Å². The maximum atomic E-state index is 11.8. The molecular weight excluding hydrogens is 252 g/mol. The van der Waals surface area contributed by atoms with Gasteiger partial charge in [-0.1, -0.05) is 46.5 Å². The van der Waals surface area contributed by atoms with Crippen molar-refractivity contribution in [3.63, 3.8) is 0 Å². The fourth-order valence-corrected chi connectivity index (χ4v) is 2.83. The van der Waals surface area contributed by atoms with E-state index >= 15 is 0 Å². The van der Waals surface area contributed by atoms with Crippen molar-refractivity contribution < 1.29 is 9.90 Å². The van der Waals surface area contributed by atoms with E-state index in [1.54, 1.807) is 0 Å². The van der Waals surface area contributed by atoms with Crippen LogP contribution >= 0.6 is 0 Å². The summed E-state index contributed by atoms with van der Waals surface area (Å²) < 4.78 is 0. The Hall–Kier alpha value is -0.610. The summed E-state index contributed by atoms with van der Waals surface area (Å²) in [5.41, 5.74) is 0.115. The van der Waals surface area contributed by atoms with E-state index < -0.39 is 0 Å². The standard InChI is InChI=1S/C16H32N2O2/c1-16(2,3)10-14(19)11-17-12-15(20)18-13-8-6-4-5-7-9-13/h13-14,17,19H,4-12H2,1-3H3,(H,18,20). The van der Waals surface area contributed by atoms with Crippen molar-refractivity contribution in [2.75, 3.05) is 13.1 Å². The highest BCUT2D eigenvalue weighted by Gasteiger charge is 2.17. The Bertz CT molecular complexity index is 279. The molecule has 1 atom stereocenters. The molecule has 0 bridgehead atoms. The Balaban J connectivity index is 2.13. The minimum atomic E-state index is -0.388. The minimum absolute atomic E-state index is 0.0554. The van der Waals surface area contributed by atoms with Gasteiger partial charge in [-0.3, -0.25) is 4.79 Å². The molecule has 0 radical (unpaired) electrons. The van der Waals surface area contributed by atoms with Gasteiger partial charge in [0, 0.05) is 12.6 Å². The van der Waals surface area contributed by atoms with Crippen molar-refractivity contribution in [3.8, 4) is 0 Å². The van der Waals surface area contributed by atoms with Gasteiger partial charge in [0.15, 0.2) is 0 Å². The number of hydrogen-bond donors (Lipinski definition) is 3. The lowest BCUT2D eigenvalue weighted by atomic mass is 9.89. The number of hydrogen-bond acceptors (Lipinski definition) is 3. The molecule has 1 aliphatic carbocycles. The number of carbonyl (C=O) groups is 1. The Morgan fingerprint density at radius 3 is 2.35 bits per heavy atom. The van der Waals surface area contributed by atoms with Crippen LogP contribution in [0.2, 0.25) is 0 Å². The molecule has 1 rings (SSSR count). The molecular formula is C16H32N2O2. The van der Waals surface area contributed by atoms with Crippen LogP contribution in [0.3, 0.4) is 0 Å². The number of carbonyl (C=O) groups excluding carboxylic acids is 1. The predicted molar refractivity (Wildman–Crippen MR) is 82.6 cm³/mol. The molecule has 0 aromatic heterocycles. The van der Waals surface area contributed by atoms with Crippen LogP contribution in [0.4, 0.5) is 0 Å². The summed E-state index contributed by atoms with van der Waals surface area (Å²) in [7, 11) is 0. The van der Waals surface area contributed by atoms with Crippen molar-refractivity contribution in [1.82, 2.24) is 10.6 Å². The molecule has 1 fully saturated rings. The summed E-state index contributed by atoms with van der Waals surface area (Å²) in [4.78, 5) is 11.8. The van der Waals surface area contributed by atoms with Crippen molar-refractivity contribution in [2.45, 2.75) is 77.9 Å². The third-order valence-corrected chi connectivity index (χ3v) is 3.73. The number of amides is 1. The molecule has 1 saturated carbocycles. The van der Waals surface area contributed by atoms with E-state index in [0.717, 1.165) is 19.3 Å². The van der Waals surface area contributed by atoms with Crippen LogP contribution in [0, 0.1) is 5.41 Å². The molecule has 4 nitrogen and oxygen atoms in total. The van der Waals surface area contributed by atoms with E-state index in [4.69, 9.17) is 0 Å². The van der Waals surface area contributed by atoms with Gasteiger partial charge in [-0.15, -0.1) is 0 Å². The lowest BCUT2D eigenvalue weighted by Gasteiger charge is -2.22. The average molecular weight is 284 g/mol. The lowest BCUT2D eigenvalue weighted by Crippen LogP contribution is -2.42. The lowest BCUT2D eigenvalue weighted by molar-refractivity contribution is -0.121. The Kier molecular flexibility index (Phi) is 7.52. The SMILES string of the molecule is CC(C)(C)CC(O)CNCC(=O)NC1CCCCCC1. The normalized spacial score (nSPS) is 19.4. The Morgan fingerprint density at radius 1 is 1.20 bits per heavy atom. The number of aliphatic hydroxyl groups is 1. The van der Waals surface area contributed by atoms with E-state index in [9.17, 15) is 9.90 Å². The molecule has 118 valence electrons. The molecule has 0 heterocycles. The van der Waals surface area contributed by atoms with Crippen LogP contribution in [0.15, 0.2) is 0 Å². The van der Waals surface area contributed by atoms with Crippen LogP contribution < -0.4 is 10.6 Å². The molecule has 3 N–H and O–H groups in total. The largest absolute Gasteiger partial charge is 0.392 e. The zero-order chi connectivity index (χ0) is 15.0. The van der Waals surface area contributed by atoms with E-state index in [-0.39, 0.29) is 17.4 Å². The number of rotatable bonds is 6. The van der Waals surface area contributed by atoms with E-state index in [1.165, 1.54) is 25.7 Å². The number of nitrogens with one attached hydrogen (secondary N) is 2. The first-order valence-electron chi connectivity index (χ1n) is 8.05. The van der Waals surface area contributed by atoms with Gasteiger partial charge >= 0.3 is 0 Å². The highest BCUT2D eigenvalue weighted by molar-refractivity contribution is 5.78. The average Bonchev–Trinajstić information content (AvgIpc) is 2.55. The molecule has 0 aliphatic heterocycles. The molecule has 0 saturated heterocycles. The molecule has 0 aromatic rings. The zero-order valence-electron chi connectivity index (χ0n) is 13.4. The second-order valence-corrected chi connectivity index (χ2v) is 7.31. The summed E-state index contributed by atoms with van der Waals surface area (Å²) in [6, 6.07) is 0.353. The van der Waals surface area contributed by atoms with Crippen LogP contribution in [0.25, 0.3) is 0 Å². The van der Waals surface area contributed by atoms with E-state index in [1.807, 2.05) is 0 Å². The first-order chi connectivity index (χ1) is 9.37. The molecule has 0 spiro atoms. The van der Waals surface area contributed by atoms with Crippen LogP contribution in [-0.2, 0) is 4.79 Å². The van der Waals surface area contributed by atoms with Gasteiger partial charge in [0.2, 0.25) is 5.91 Å². The first kappa shape index (κ1) is 17.4. The quantitative estimate of drug-likeness (QED) is 0.655. The molecule has 20 heavy (non-hydrogen) atoms. The van der Waals surface area contributed by atoms with Gasteiger partial charge in [0.1, 0.15) is 0 Å². The van der Waals surface area contributed by atoms with Crippen molar-refractivity contribution in [1.29, 1.82) is 0 Å². The molecule has 1 aliphatic rings. The number of aliphatic hydroxyl groups excluding tert-OH is 1. The van der Waals surface area contributed by atoms with Crippen LogP contribution in [-0.4, -0.2) is 36.2 Å². The first-order valence-corrected chi connectivity index (χ1v) is 8.05. The van der Waals surface area contributed by atoms with Crippen molar-refractivity contribution in [2.24, 2.45) is 5.41 Å². The fraction of sp³-hybridized carbons (Fsp3) is 0.938. The highest BCUT2D eigenvalue weighted by atomic mass is 16.3. The maximum absolute atomic E-state index is 11.8. The summed E-state index contributed by atoms with van der Waals surface area (Å²) in [5.74, 6) is 0.0554. The van der Waals surface area contributed by atoms with E-state index in [2.05, 4.69) is 31.4 Å². The van der Waals surface area contributed by atoms with Gasteiger partial charge in [-0.05, 0) is 24.7 Å². The molecule has 0 aromatic carbocycles. The molecule has 4 heteroatoms. The predicted octanol–water partition coefficient (Wildman–Crippen LogP) is 2.21. The summed E-state index contributed by atoms with van der Waals surface area (Å²) in [6.45, 7) is 7.10. The van der Waals surface area contributed by atoms with Gasteiger partial charge in [0.05, 0.1) is 12.6 Å². The molecule has 1 unspecified atom stereocenters. The summed E-state index contributed by atoms with van der Waals surface area (Å²) >= 11 is 0. The molecule has 1 amide bonds. The van der Waals surface area contributed by atoms with Crippen molar-refractivity contribution >= 4 is 5.91 Å². The zero-order valence-corrected chi connectivity index (χ0v) is 13.4. The Labute approximate surface area is 123 Å². The van der Waals surface area contributed by atoms with Crippen LogP contribution in [0.1, 0.15) is 65.7 Å². The minimum Gasteiger partial charge on any atom is -0.392 e. The van der Waals surface area contributed by atoms with E-state index in [0.29, 0.717) is 19.1 Å². The van der Waals surface area contributed by atoms with Crippen molar-refractivity contribution in [3.05, 3.63) is 0 Å². The third kappa shape index (κ3) is 8.54. The third-order valence-electron chi connectivity index (χ3n) is 3.73. The van der Waals surface area contributed by atoms with Gasteiger partial charge < -0.3 is 15.7 Å². The monoisotopic (exact) mass is 284 g/mol. The Morgan fingerprint density at radius 2 is 1.80 bits per heavy atom. The summed E-state index contributed by atoms with van der Waals surface area (Å²) in [5, 5.41) is 16.0. The summed E-state index contributed by atoms with van der Waals surface area (Å²) in [6.07, 6.45) is 7.61. The van der Waals surface area contributed by atoms with Crippen LogP contribution in [0.5, 0.6) is 0 Å². The fourth-order valence-electron chi connectivity index (χ4n) is 2.83. The topological polar surface area (TPSA) is 61.4 Å². The maximum Gasteiger partial charge on any atom is 0.234 e.